The highest BCUT2D eigenvalue weighted by Gasteiger charge is 2.47. The van der Waals surface area contributed by atoms with Crippen LogP contribution in [0.2, 0.25) is 0 Å². The van der Waals surface area contributed by atoms with Crippen LogP contribution in [0.3, 0.4) is 0 Å². The third kappa shape index (κ3) is 1.16. The van der Waals surface area contributed by atoms with Gasteiger partial charge in [0.05, 0.1) is 11.8 Å². The number of imide groups is 1. The fourth-order valence-corrected chi connectivity index (χ4v) is 2.38. The van der Waals surface area contributed by atoms with Crippen molar-refractivity contribution in [1.82, 2.24) is 10.4 Å². The summed E-state index contributed by atoms with van der Waals surface area (Å²) in [6.45, 7) is 0. The van der Waals surface area contributed by atoms with Crippen LogP contribution in [0.15, 0.2) is 0 Å². The van der Waals surface area contributed by atoms with Gasteiger partial charge in [0.25, 0.3) is 0 Å². The lowest BCUT2D eigenvalue weighted by molar-refractivity contribution is -0.143. The van der Waals surface area contributed by atoms with Gasteiger partial charge in [0, 0.05) is 7.05 Å². The maximum Gasteiger partial charge on any atom is 0.247 e. The number of hydrazine groups is 1. The number of amides is 2. The summed E-state index contributed by atoms with van der Waals surface area (Å²) in [6.07, 6.45) is 3.93. The van der Waals surface area contributed by atoms with E-state index in [0.29, 0.717) is 0 Å². The molecule has 4 heteroatoms. The number of fused-ring (bicyclic) bond motifs is 1. The predicted octanol–water partition coefficient (Wildman–Crippen LogP) is 0.296. The fraction of sp³-hybridized carbons (Fsp3) is 0.778. The second-order valence-electron chi connectivity index (χ2n) is 3.73. The summed E-state index contributed by atoms with van der Waals surface area (Å²) < 4.78 is 0. The van der Waals surface area contributed by atoms with E-state index in [-0.39, 0.29) is 23.7 Å². The average molecular weight is 182 g/mol. The number of carbonyl (C=O) groups is 2. The molecule has 0 aromatic rings. The number of carbonyl (C=O) groups excluding carboxylic acids is 2. The summed E-state index contributed by atoms with van der Waals surface area (Å²) in [5, 5.41) is 1.18. The van der Waals surface area contributed by atoms with Crippen LogP contribution in [0.25, 0.3) is 0 Å². The molecule has 1 saturated carbocycles. The van der Waals surface area contributed by atoms with Crippen molar-refractivity contribution in [2.45, 2.75) is 25.7 Å². The van der Waals surface area contributed by atoms with Crippen molar-refractivity contribution in [3.63, 3.8) is 0 Å². The Hall–Kier alpha value is -0.900. The van der Waals surface area contributed by atoms with Crippen molar-refractivity contribution >= 4 is 11.8 Å². The summed E-state index contributed by atoms with van der Waals surface area (Å²) in [5.74, 6) is -0.128. The first-order valence-corrected chi connectivity index (χ1v) is 4.81. The van der Waals surface area contributed by atoms with Gasteiger partial charge in [-0.25, -0.2) is 10.4 Å². The predicted molar refractivity (Wildman–Crippen MR) is 46.4 cm³/mol. The number of nitrogens with zero attached hydrogens (tertiary/aromatic N) is 1. The highest BCUT2D eigenvalue weighted by Crippen LogP contribution is 2.36. The second-order valence-corrected chi connectivity index (χ2v) is 3.73. The minimum Gasteiger partial charge on any atom is -0.273 e. The van der Waals surface area contributed by atoms with Gasteiger partial charge in [-0.1, -0.05) is 12.8 Å². The second kappa shape index (κ2) is 3.10. The molecule has 1 aliphatic heterocycles. The first kappa shape index (κ1) is 8.69. The molecular weight excluding hydrogens is 168 g/mol. The lowest BCUT2D eigenvalue weighted by Crippen LogP contribution is -2.40. The van der Waals surface area contributed by atoms with Crippen LogP contribution < -0.4 is 5.43 Å². The summed E-state index contributed by atoms with van der Waals surface area (Å²) >= 11 is 0. The van der Waals surface area contributed by atoms with Crippen molar-refractivity contribution in [3.05, 3.63) is 0 Å². The van der Waals surface area contributed by atoms with E-state index in [2.05, 4.69) is 5.43 Å². The first-order valence-electron chi connectivity index (χ1n) is 4.81. The van der Waals surface area contributed by atoms with Crippen LogP contribution >= 0.6 is 0 Å². The minimum absolute atomic E-state index is 0.0304. The number of hydrogen-bond acceptors (Lipinski definition) is 3. The topological polar surface area (TPSA) is 49.4 Å². The van der Waals surface area contributed by atoms with Gasteiger partial charge in [-0.15, -0.1) is 0 Å². The highest BCUT2D eigenvalue weighted by atomic mass is 16.2. The molecule has 1 saturated heterocycles. The van der Waals surface area contributed by atoms with Crippen molar-refractivity contribution < 1.29 is 9.59 Å². The normalized spacial score (nSPS) is 33.8. The fourth-order valence-electron chi connectivity index (χ4n) is 2.38. The zero-order valence-corrected chi connectivity index (χ0v) is 7.75. The number of hydrogen-bond donors (Lipinski definition) is 1. The van der Waals surface area contributed by atoms with E-state index in [1.165, 1.54) is 5.01 Å². The molecule has 4 nitrogen and oxygen atoms in total. The molecule has 0 aromatic carbocycles. The van der Waals surface area contributed by atoms with Crippen molar-refractivity contribution in [1.29, 1.82) is 0 Å². The number of rotatable bonds is 1. The Morgan fingerprint density at radius 1 is 1.15 bits per heavy atom. The maximum absolute atomic E-state index is 11.6. The molecule has 0 unspecified atom stereocenters. The van der Waals surface area contributed by atoms with Gasteiger partial charge in [0.15, 0.2) is 0 Å². The standard InChI is InChI=1S/C9H14N2O2/c1-10-11-8(12)6-4-2-3-5-7(6)9(11)13/h6-7,10H,2-5H2,1H3/t6-,7+. The highest BCUT2D eigenvalue weighted by molar-refractivity contribution is 6.04. The lowest BCUT2D eigenvalue weighted by Gasteiger charge is -2.19. The first-order chi connectivity index (χ1) is 6.25. The van der Waals surface area contributed by atoms with Crippen molar-refractivity contribution in [2.24, 2.45) is 11.8 Å². The zero-order valence-electron chi connectivity index (χ0n) is 7.75. The van der Waals surface area contributed by atoms with E-state index in [1.807, 2.05) is 0 Å². The summed E-state index contributed by atoms with van der Waals surface area (Å²) in [7, 11) is 1.62. The molecule has 2 amide bonds. The Kier molecular flexibility index (Phi) is 2.07. The molecular formula is C9H14N2O2. The van der Waals surface area contributed by atoms with Gasteiger partial charge in [-0.05, 0) is 12.8 Å². The third-order valence-electron chi connectivity index (χ3n) is 3.06. The molecule has 0 bridgehead atoms. The third-order valence-corrected chi connectivity index (χ3v) is 3.06. The lowest BCUT2D eigenvalue weighted by atomic mass is 9.81. The molecule has 1 N–H and O–H groups in total. The van der Waals surface area contributed by atoms with Gasteiger partial charge in [-0.2, -0.15) is 0 Å². The van der Waals surface area contributed by atoms with Gasteiger partial charge in [0.1, 0.15) is 0 Å². The van der Waals surface area contributed by atoms with Crippen LogP contribution in [0, 0.1) is 11.8 Å². The van der Waals surface area contributed by atoms with Crippen LogP contribution in [-0.4, -0.2) is 23.9 Å². The molecule has 72 valence electrons. The van der Waals surface area contributed by atoms with Crippen LogP contribution in [0.5, 0.6) is 0 Å². The Morgan fingerprint density at radius 2 is 1.62 bits per heavy atom. The molecule has 2 rings (SSSR count). The minimum atomic E-state index is -0.0336. The van der Waals surface area contributed by atoms with E-state index in [0.717, 1.165) is 25.7 Å². The van der Waals surface area contributed by atoms with E-state index < -0.39 is 0 Å². The van der Waals surface area contributed by atoms with Gasteiger partial charge in [-0.3, -0.25) is 9.59 Å². The Bertz CT molecular complexity index is 228. The summed E-state index contributed by atoms with van der Waals surface area (Å²) in [5.41, 5.74) is 2.65. The van der Waals surface area contributed by atoms with E-state index >= 15 is 0 Å². The van der Waals surface area contributed by atoms with E-state index in [4.69, 9.17) is 0 Å². The van der Waals surface area contributed by atoms with Crippen molar-refractivity contribution in [3.8, 4) is 0 Å². The number of nitrogens with one attached hydrogen (secondary N) is 1. The largest absolute Gasteiger partial charge is 0.273 e. The van der Waals surface area contributed by atoms with E-state index in [1.54, 1.807) is 7.05 Å². The van der Waals surface area contributed by atoms with Crippen LogP contribution in [-0.2, 0) is 9.59 Å². The molecule has 1 aliphatic carbocycles. The smallest absolute Gasteiger partial charge is 0.247 e. The van der Waals surface area contributed by atoms with Gasteiger partial charge in [0.2, 0.25) is 11.8 Å². The molecule has 2 aliphatic rings. The molecule has 13 heavy (non-hydrogen) atoms. The zero-order chi connectivity index (χ0) is 9.42. The molecule has 0 aromatic heterocycles. The summed E-state index contributed by atoms with van der Waals surface area (Å²) in [4.78, 5) is 23.2. The molecule has 1 heterocycles. The molecule has 0 spiro atoms. The van der Waals surface area contributed by atoms with E-state index in [9.17, 15) is 9.59 Å². The Labute approximate surface area is 77.3 Å². The SMILES string of the molecule is CNN1C(=O)[C@H]2CCCC[C@H]2C1=O. The summed E-state index contributed by atoms with van der Waals surface area (Å²) in [6, 6.07) is 0. The van der Waals surface area contributed by atoms with Crippen molar-refractivity contribution in [2.75, 3.05) is 7.05 Å². The van der Waals surface area contributed by atoms with Gasteiger partial charge < -0.3 is 0 Å². The monoisotopic (exact) mass is 182 g/mol. The van der Waals surface area contributed by atoms with Crippen LogP contribution in [0.4, 0.5) is 0 Å². The van der Waals surface area contributed by atoms with Gasteiger partial charge >= 0.3 is 0 Å². The quantitative estimate of drug-likeness (QED) is 0.593. The maximum atomic E-state index is 11.6. The molecule has 2 atom stereocenters. The molecule has 2 fully saturated rings. The Morgan fingerprint density at radius 3 is 2.00 bits per heavy atom. The van der Waals surface area contributed by atoms with Crippen LogP contribution in [0.1, 0.15) is 25.7 Å². The average Bonchev–Trinajstić information content (AvgIpc) is 2.41. The Balaban J connectivity index is 2.22. The molecule has 0 radical (unpaired) electrons.